The van der Waals surface area contributed by atoms with Crippen LogP contribution in [-0.2, 0) is 14.6 Å². The van der Waals surface area contributed by atoms with E-state index in [2.05, 4.69) is 18.7 Å². The predicted octanol–water partition coefficient (Wildman–Crippen LogP) is 1.47. The molecule has 3 rings (SSSR count). The fraction of sp³-hybridized carbons (Fsp3) is 0.588. The Labute approximate surface area is 138 Å². The summed E-state index contributed by atoms with van der Waals surface area (Å²) < 4.78 is 24.4. The van der Waals surface area contributed by atoms with Gasteiger partial charge in [-0.1, -0.05) is 31.5 Å². The van der Waals surface area contributed by atoms with Gasteiger partial charge in [-0.05, 0) is 25.0 Å². The summed E-state index contributed by atoms with van der Waals surface area (Å²) in [6, 6.07) is 7.37. The number of fused-ring (bicyclic) bond motifs is 1. The summed E-state index contributed by atoms with van der Waals surface area (Å²) in [6.45, 7) is 7.23. The molecule has 1 amide bonds. The van der Waals surface area contributed by atoms with Crippen LogP contribution in [0, 0.1) is 12.8 Å². The van der Waals surface area contributed by atoms with E-state index in [1.807, 2.05) is 31.2 Å². The van der Waals surface area contributed by atoms with Crippen LogP contribution >= 0.6 is 0 Å². The maximum Gasteiger partial charge on any atom is 0.241 e. The molecule has 0 aliphatic carbocycles. The average molecular weight is 336 g/mol. The maximum absolute atomic E-state index is 12.7. The number of amides is 1. The van der Waals surface area contributed by atoms with E-state index in [-0.39, 0.29) is 29.5 Å². The molecule has 1 aromatic carbocycles. The van der Waals surface area contributed by atoms with Gasteiger partial charge < -0.3 is 4.90 Å². The highest BCUT2D eigenvalue weighted by atomic mass is 32.2. The lowest BCUT2D eigenvalue weighted by Crippen LogP contribution is -2.62. The molecule has 2 unspecified atom stereocenters. The predicted molar refractivity (Wildman–Crippen MR) is 91.3 cm³/mol. The number of hydrogen-bond acceptors (Lipinski definition) is 4. The zero-order chi connectivity index (χ0) is 16.8. The minimum atomic E-state index is -3.11. The number of piperazine rings is 1. The fourth-order valence-electron chi connectivity index (χ4n) is 3.67. The summed E-state index contributed by atoms with van der Waals surface area (Å²) in [4.78, 5) is 16.5. The Morgan fingerprint density at radius 2 is 1.74 bits per heavy atom. The highest BCUT2D eigenvalue weighted by Gasteiger charge is 2.49. The Morgan fingerprint density at radius 3 is 2.35 bits per heavy atom. The van der Waals surface area contributed by atoms with Crippen molar-refractivity contribution in [3.63, 3.8) is 0 Å². The van der Waals surface area contributed by atoms with E-state index in [9.17, 15) is 13.2 Å². The first-order valence-electron chi connectivity index (χ1n) is 8.10. The zero-order valence-electron chi connectivity index (χ0n) is 13.9. The van der Waals surface area contributed by atoms with Crippen LogP contribution in [0.3, 0.4) is 0 Å². The van der Waals surface area contributed by atoms with Gasteiger partial charge in [0.25, 0.3) is 0 Å². The van der Waals surface area contributed by atoms with Crippen molar-refractivity contribution in [3.8, 4) is 0 Å². The third kappa shape index (κ3) is 3.28. The van der Waals surface area contributed by atoms with Crippen molar-refractivity contribution in [2.75, 3.05) is 29.5 Å². The molecule has 0 saturated carbocycles. The lowest BCUT2D eigenvalue weighted by Gasteiger charge is -2.44. The summed E-state index contributed by atoms with van der Waals surface area (Å²) in [5.74, 6) is 0.608. The number of sulfone groups is 1. The normalized spacial score (nSPS) is 27.5. The molecule has 0 radical (unpaired) electrons. The molecular weight excluding hydrogens is 312 g/mol. The van der Waals surface area contributed by atoms with Crippen LogP contribution in [0.5, 0.6) is 0 Å². The van der Waals surface area contributed by atoms with Gasteiger partial charge in [0.05, 0.1) is 24.1 Å². The van der Waals surface area contributed by atoms with Crippen LogP contribution in [0.2, 0.25) is 0 Å². The number of carbonyl (C=O) groups is 1. The molecule has 0 bridgehead atoms. The Hall–Kier alpha value is -1.40. The molecule has 1 aromatic rings. The van der Waals surface area contributed by atoms with Crippen molar-refractivity contribution in [3.05, 3.63) is 29.8 Å². The number of aryl methyl sites for hydroxylation is 1. The third-order valence-electron chi connectivity index (χ3n) is 4.61. The van der Waals surface area contributed by atoms with Gasteiger partial charge in [0.1, 0.15) is 0 Å². The maximum atomic E-state index is 12.7. The van der Waals surface area contributed by atoms with Gasteiger partial charge in [-0.3, -0.25) is 9.69 Å². The molecule has 2 heterocycles. The molecule has 0 N–H and O–H groups in total. The van der Waals surface area contributed by atoms with Crippen molar-refractivity contribution in [2.45, 2.75) is 32.9 Å². The van der Waals surface area contributed by atoms with Crippen LogP contribution in [-0.4, -0.2) is 55.9 Å². The Kier molecular flexibility index (Phi) is 4.23. The van der Waals surface area contributed by atoms with Gasteiger partial charge >= 0.3 is 0 Å². The molecule has 2 saturated heterocycles. The van der Waals surface area contributed by atoms with E-state index in [4.69, 9.17) is 0 Å². The quantitative estimate of drug-likeness (QED) is 0.839. The molecule has 126 valence electrons. The zero-order valence-corrected chi connectivity index (χ0v) is 14.7. The van der Waals surface area contributed by atoms with Crippen molar-refractivity contribution in [2.24, 2.45) is 5.92 Å². The fourth-order valence-corrected chi connectivity index (χ4v) is 5.65. The van der Waals surface area contributed by atoms with Crippen LogP contribution in [0.15, 0.2) is 24.3 Å². The number of benzene rings is 1. The van der Waals surface area contributed by atoms with E-state index in [0.717, 1.165) is 17.8 Å². The summed E-state index contributed by atoms with van der Waals surface area (Å²) in [7, 11) is -3.11. The van der Waals surface area contributed by atoms with E-state index in [1.165, 1.54) is 0 Å². The molecule has 5 nitrogen and oxygen atoms in total. The Bertz CT molecular complexity index is 697. The average Bonchev–Trinajstić information content (AvgIpc) is 2.75. The van der Waals surface area contributed by atoms with Crippen molar-refractivity contribution in [1.82, 2.24) is 4.90 Å². The van der Waals surface area contributed by atoms with E-state index in [1.54, 1.807) is 4.90 Å². The van der Waals surface area contributed by atoms with Gasteiger partial charge in [0.15, 0.2) is 9.84 Å². The first kappa shape index (κ1) is 16.5. The number of rotatable bonds is 3. The smallest absolute Gasteiger partial charge is 0.241 e. The van der Waals surface area contributed by atoms with Crippen molar-refractivity contribution >= 4 is 21.4 Å². The van der Waals surface area contributed by atoms with Crippen LogP contribution < -0.4 is 4.90 Å². The molecule has 2 aliphatic heterocycles. The number of hydrogen-bond donors (Lipinski definition) is 0. The third-order valence-corrected chi connectivity index (χ3v) is 6.31. The lowest BCUT2D eigenvalue weighted by atomic mass is 10.0. The molecule has 23 heavy (non-hydrogen) atoms. The van der Waals surface area contributed by atoms with Crippen LogP contribution in [0.25, 0.3) is 0 Å². The summed E-state index contributed by atoms with van der Waals surface area (Å²) >= 11 is 0. The van der Waals surface area contributed by atoms with E-state index in [0.29, 0.717) is 12.5 Å². The van der Waals surface area contributed by atoms with Crippen LogP contribution in [0.1, 0.15) is 19.4 Å². The first-order chi connectivity index (χ1) is 10.8. The number of carbonyl (C=O) groups excluding carboxylic acids is 1. The van der Waals surface area contributed by atoms with Gasteiger partial charge in [-0.15, -0.1) is 0 Å². The topological polar surface area (TPSA) is 57.7 Å². The summed E-state index contributed by atoms with van der Waals surface area (Å²) in [5.41, 5.74) is 1.92. The van der Waals surface area contributed by atoms with Gasteiger partial charge in [-0.2, -0.15) is 0 Å². The van der Waals surface area contributed by atoms with Gasteiger partial charge in [0, 0.05) is 18.3 Å². The molecule has 6 heteroatoms. The molecule has 2 fully saturated rings. The minimum Gasteiger partial charge on any atom is -0.306 e. The minimum absolute atomic E-state index is 0.00662. The highest BCUT2D eigenvalue weighted by Crippen LogP contribution is 2.32. The van der Waals surface area contributed by atoms with Crippen molar-refractivity contribution < 1.29 is 13.2 Å². The van der Waals surface area contributed by atoms with E-state index < -0.39 is 9.84 Å². The second-order valence-electron chi connectivity index (χ2n) is 7.13. The Balaban J connectivity index is 1.96. The molecule has 0 aromatic heterocycles. The van der Waals surface area contributed by atoms with Gasteiger partial charge in [0.2, 0.25) is 5.91 Å². The largest absolute Gasteiger partial charge is 0.306 e. The monoisotopic (exact) mass is 336 g/mol. The lowest BCUT2D eigenvalue weighted by molar-refractivity contribution is -0.123. The SMILES string of the molecule is Cc1ccc(N2C(=O)CN(CC(C)C)C3CS(=O)(=O)CC32)cc1. The summed E-state index contributed by atoms with van der Waals surface area (Å²) in [5, 5.41) is 0. The molecule has 0 spiro atoms. The first-order valence-corrected chi connectivity index (χ1v) is 9.92. The van der Waals surface area contributed by atoms with Crippen LogP contribution in [0.4, 0.5) is 5.69 Å². The van der Waals surface area contributed by atoms with E-state index >= 15 is 0 Å². The second-order valence-corrected chi connectivity index (χ2v) is 9.29. The second kappa shape index (κ2) is 5.91. The highest BCUT2D eigenvalue weighted by molar-refractivity contribution is 7.91. The summed E-state index contributed by atoms with van der Waals surface area (Å²) in [6.07, 6.45) is 0. The molecule has 2 atom stereocenters. The number of nitrogens with zero attached hydrogens (tertiary/aromatic N) is 2. The Morgan fingerprint density at radius 1 is 1.13 bits per heavy atom. The molecular formula is C17H24N2O3S. The van der Waals surface area contributed by atoms with Crippen molar-refractivity contribution in [1.29, 1.82) is 0 Å². The number of anilines is 1. The van der Waals surface area contributed by atoms with Gasteiger partial charge in [-0.25, -0.2) is 8.42 Å². The standard InChI is InChI=1S/C17H24N2O3S/c1-12(2)8-18-9-17(20)19(14-6-4-13(3)5-7-14)16-11-23(21,22)10-15(16)18/h4-7,12,15-16H,8-11H2,1-3H3. The molecule has 2 aliphatic rings.